The normalized spacial score (nSPS) is 10.8. The highest BCUT2D eigenvalue weighted by molar-refractivity contribution is 5.76. The molecule has 0 unspecified atom stereocenters. The van der Waals surface area contributed by atoms with Crippen LogP contribution in [-0.4, -0.2) is 51.8 Å². The van der Waals surface area contributed by atoms with E-state index in [9.17, 15) is 9.59 Å². The third-order valence-electron chi connectivity index (χ3n) is 5.23. The van der Waals surface area contributed by atoms with Crippen molar-refractivity contribution in [1.29, 1.82) is 0 Å². The van der Waals surface area contributed by atoms with E-state index in [2.05, 4.69) is 20.6 Å². The molecular weight excluding hydrogens is 440 g/mol. The molecule has 1 N–H and O–H groups in total. The second kappa shape index (κ2) is 10.0. The van der Waals surface area contributed by atoms with Gasteiger partial charge in [-0.2, -0.15) is 0 Å². The van der Waals surface area contributed by atoms with Crippen molar-refractivity contribution < 1.29 is 19.0 Å². The second-order valence-corrected chi connectivity index (χ2v) is 7.38. The number of ether oxygens (including phenoxy) is 3. The molecule has 0 aliphatic heterocycles. The molecule has 176 valence electrons. The summed E-state index contributed by atoms with van der Waals surface area (Å²) in [6, 6.07) is 12.9. The highest BCUT2D eigenvalue weighted by Crippen LogP contribution is 2.30. The smallest absolute Gasteiger partial charge is 0.283 e. The summed E-state index contributed by atoms with van der Waals surface area (Å²) in [5, 5.41) is 10.8. The monoisotopic (exact) mass is 464 g/mol. The average Bonchev–Trinajstić information content (AvgIpc) is 3.27. The molecule has 0 saturated carbocycles. The van der Waals surface area contributed by atoms with E-state index in [1.54, 1.807) is 26.4 Å². The van der Waals surface area contributed by atoms with Crippen molar-refractivity contribution in [3.8, 4) is 17.2 Å². The van der Waals surface area contributed by atoms with Crippen molar-refractivity contribution in [3.63, 3.8) is 0 Å². The molecule has 1 amide bonds. The molecule has 0 bridgehead atoms. The maximum atomic E-state index is 12.9. The van der Waals surface area contributed by atoms with Crippen LogP contribution in [0.4, 0.5) is 0 Å². The zero-order valence-corrected chi connectivity index (χ0v) is 19.0. The molecule has 2 heterocycles. The highest BCUT2D eigenvalue weighted by Gasteiger charge is 2.15. The Kier molecular flexibility index (Phi) is 6.72. The van der Waals surface area contributed by atoms with Crippen LogP contribution in [0.25, 0.3) is 11.2 Å². The molecule has 11 nitrogen and oxygen atoms in total. The number of carbonyl (C=O) groups is 1. The predicted octanol–water partition coefficient (Wildman–Crippen LogP) is 1.38. The van der Waals surface area contributed by atoms with E-state index in [0.717, 1.165) is 16.9 Å². The van der Waals surface area contributed by atoms with Crippen molar-refractivity contribution in [2.45, 2.75) is 19.6 Å². The van der Waals surface area contributed by atoms with Crippen LogP contribution < -0.4 is 25.1 Å². The fourth-order valence-corrected chi connectivity index (χ4v) is 3.55. The first-order valence-corrected chi connectivity index (χ1v) is 10.4. The lowest BCUT2D eigenvalue weighted by molar-refractivity contribution is -0.121. The van der Waals surface area contributed by atoms with E-state index in [4.69, 9.17) is 14.2 Å². The van der Waals surface area contributed by atoms with E-state index in [0.29, 0.717) is 23.7 Å². The molecule has 0 aliphatic rings. The quantitative estimate of drug-likeness (QED) is 0.394. The topological polar surface area (TPSA) is 122 Å². The number of nitrogens with zero attached hydrogens (tertiary/aromatic N) is 5. The summed E-state index contributed by atoms with van der Waals surface area (Å²) in [6.45, 7) is 0.365. The second-order valence-electron chi connectivity index (χ2n) is 7.38. The van der Waals surface area contributed by atoms with Gasteiger partial charge in [0.1, 0.15) is 18.6 Å². The number of benzene rings is 2. The molecule has 11 heteroatoms. The summed E-state index contributed by atoms with van der Waals surface area (Å²) < 4.78 is 18.6. The van der Waals surface area contributed by atoms with Gasteiger partial charge in [0.05, 0.1) is 27.9 Å². The van der Waals surface area contributed by atoms with Gasteiger partial charge in [-0.15, -0.1) is 5.10 Å². The van der Waals surface area contributed by atoms with E-state index >= 15 is 0 Å². The minimum Gasteiger partial charge on any atom is -0.497 e. The van der Waals surface area contributed by atoms with Gasteiger partial charge in [0.25, 0.3) is 5.56 Å². The van der Waals surface area contributed by atoms with E-state index in [1.165, 1.54) is 22.7 Å². The Labute approximate surface area is 194 Å². The van der Waals surface area contributed by atoms with E-state index < -0.39 is 5.56 Å². The van der Waals surface area contributed by atoms with Crippen LogP contribution in [0.1, 0.15) is 11.1 Å². The Morgan fingerprint density at radius 1 is 1.06 bits per heavy atom. The van der Waals surface area contributed by atoms with Gasteiger partial charge in [0, 0.05) is 12.1 Å². The molecule has 0 aliphatic carbocycles. The first kappa shape index (κ1) is 22.8. The van der Waals surface area contributed by atoms with Crippen LogP contribution >= 0.6 is 0 Å². The van der Waals surface area contributed by atoms with E-state index in [1.807, 2.05) is 30.3 Å². The van der Waals surface area contributed by atoms with Crippen LogP contribution in [0.2, 0.25) is 0 Å². The molecule has 2 aromatic heterocycles. The summed E-state index contributed by atoms with van der Waals surface area (Å²) in [5.41, 5.74) is 1.65. The third-order valence-corrected chi connectivity index (χ3v) is 5.23. The lowest BCUT2D eigenvalue weighted by Crippen LogP contribution is -2.32. The number of nitrogens with one attached hydrogen (secondary N) is 1. The fourth-order valence-electron chi connectivity index (χ4n) is 3.55. The number of rotatable bonds is 9. The van der Waals surface area contributed by atoms with Crippen molar-refractivity contribution in [1.82, 2.24) is 29.9 Å². The number of amides is 1. The lowest BCUT2D eigenvalue weighted by Gasteiger charge is -2.13. The maximum absolute atomic E-state index is 12.9. The van der Waals surface area contributed by atoms with Crippen molar-refractivity contribution in [2.24, 2.45) is 0 Å². The Bertz CT molecular complexity index is 1380. The standard InChI is InChI=1S/C23H24N6O5/c1-32-17-8-4-6-15(10-17)12-29-22-20(26-27-29)23(31)28(14-25-22)13-19(30)24-11-16-7-5-9-18(33-2)21(16)34-3/h4-10,14H,11-13H2,1-3H3,(H,24,30). The molecule has 0 radical (unpaired) electrons. The van der Waals surface area contributed by atoms with Gasteiger partial charge in [-0.05, 0) is 23.8 Å². The molecule has 2 aromatic carbocycles. The molecule has 0 fully saturated rings. The number of methoxy groups -OCH3 is 3. The largest absolute Gasteiger partial charge is 0.497 e. The van der Waals surface area contributed by atoms with Gasteiger partial charge in [0.2, 0.25) is 5.91 Å². The lowest BCUT2D eigenvalue weighted by atomic mass is 10.2. The van der Waals surface area contributed by atoms with Crippen molar-refractivity contribution in [3.05, 3.63) is 70.3 Å². The summed E-state index contributed by atoms with van der Waals surface area (Å²) in [6.07, 6.45) is 1.32. The van der Waals surface area contributed by atoms with Crippen LogP contribution in [-0.2, 0) is 24.4 Å². The van der Waals surface area contributed by atoms with Crippen LogP contribution in [0.15, 0.2) is 53.6 Å². The number of hydrogen-bond acceptors (Lipinski definition) is 8. The third kappa shape index (κ3) is 4.68. The zero-order chi connectivity index (χ0) is 24.1. The number of para-hydroxylation sites is 1. The molecular formula is C23H24N6O5. The minimum atomic E-state index is -0.448. The van der Waals surface area contributed by atoms with E-state index in [-0.39, 0.29) is 24.5 Å². The summed E-state index contributed by atoms with van der Waals surface area (Å²) in [7, 11) is 4.67. The first-order valence-electron chi connectivity index (χ1n) is 10.4. The van der Waals surface area contributed by atoms with Gasteiger partial charge in [-0.25, -0.2) is 9.67 Å². The molecule has 4 rings (SSSR count). The Hall–Kier alpha value is -4.41. The highest BCUT2D eigenvalue weighted by atomic mass is 16.5. The first-order chi connectivity index (χ1) is 16.5. The van der Waals surface area contributed by atoms with Crippen LogP contribution in [0.3, 0.4) is 0 Å². The summed E-state index contributed by atoms with van der Waals surface area (Å²) in [5.74, 6) is 1.46. The Balaban J connectivity index is 1.47. The minimum absolute atomic E-state index is 0.0904. The predicted molar refractivity (Wildman–Crippen MR) is 123 cm³/mol. The molecule has 4 aromatic rings. The Morgan fingerprint density at radius 3 is 2.65 bits per heavy atom. The zero-order valence-electron chi connectivity index (χ0n) is 19.0. The number of fused-ring (bicyclic) bond motifs is 1. The van der Waals surface area contributed by atoms with Crippen LogP contribution in [0, 0.1) is 0 Å². The molecule has 0 spiro atoms. The van der Waals surface area contributed by atoms with Crippen molar-refractivity contribution >= 4 is 17.1 Å². The SMILES string of the molecule is COc1cccc(Cn2nnc3c(=O)n(CC(=O)NCc4cccc(OC)c4OC)cnc32)c1. The Morgan fingerprint density at radius 2 is 1.88 bits per heavy atom. The number of carbonyl (C=O) groups excluding carboxylic acids is 1. The number of aromatic nitrogens is 5. The summed E-state index contributed by atoms with van der Waals surface area (Å²) in [4.78, 5) is 29.7. The molecule has 34 heavy (non-hydrogen) atoms. The molecule has 0 saturated heterocycles. The fraction of sp³-hybridized carbons (Fsp3) is 0.261. The van der Waals surface area contributed by atoms with Crippen LogP contribution in [0.5, 0.6) is 17.2 Å². The van der Waals surface area contributed by atoms with Gasteiger partial charge in [0.15, 0.2) is 22.7 Å². The van der Waals surface area contributed by atoms with Gasteiger partial charge in [-0.3, -0.25) is 14.2 Å². The van der Waals surface area contributed by atoms with Gasteiger partial charge < -0.3 is 19.5 Å². The van der Waals surface area contributed by atoms with Gasteiger partial charge in [-0.1, -0.05) is 29.5 Å². The summed E-state index contributed by atoms with van der Waals surface area (Å²) >= 11 is 0. The number of hydrogen-bond donors (Lipinski definition) is 1. The van der Waals surface area contributed by atoms with Crippen molar-refractivity contribution in [2.75, 3.05) is 21.3 Å². The van der Waals surface area contributed by atoms with Gasteiger partial charge >= 0.3 is 0 Å². The molecule has 0 atom stereocenters. The average molecular weight is 464 g/mol. The maximum Gasteiger partial charge on any atom is 0.283 e.